The molecule has 1 rings (SSSR count). The molecule has 2 nitrogen and oxygen atoms in total. The summed E-state index contributed by atoms with van der Waals surface area (Å²) in [7, 11) is 2.06. The van der Waals surface area contributed by atoms with Crippen molar-refractivity contribution in [2.24, 2.45) is 11.8 Å². The van der Waals surface area contributed by atoms with Crippen molar-refractivity contribution in [1.29, 1.82) is 0 Å². The van der Waals surface area contributed by atoms with E-state index in [0.29, 0.717) is 18.1 Å². The summed E-state index contributed by atoms with van der Waals surface area (Å²) in [5.74, 6) is 1.53. The van der Waals surface area contributed by atoms with Crippen LogP contribution in [0, 0.1) is 11.8 Å². The molecule has 0 amide bonds. The zero-order valence-corrected chi connectivity index (χ0v) is 10.8. The molecule has 15 heavy (non-hydrogen) atoms. The fraction of sp³-hybridized carbons (Fsp3) is 1.00. The Labute approximate surface area is 94.8 Å². The van der Waals surface area contributed by atoms with E-state index in [-0.39, 0.29) is 0 Å². The van der Waals surface area contributed by atoms with Gasteiger partial charge in [-0.2, -0.15) is 0 Å². The molecule has 90 valence electrons. The molecular formula is C13H27NO. The summed E-state index contributed by atoms with van der Waals surface area (Å²) in [4.78, 5) is 0. The molecule has 4 atom stereocenters. The van der Waals surface area contributed by atoms with Gasteiger partial charge in [0, 0.05) is 12.6 Å². The highest BCUT2D eigenvalue weighted by atomic mass is 16.5. The fourth-order valence-electron chi connectivity index (χ4n) is 2.76. The fourth-order valence-corrected chi connectivity index (χ4v) is 2.76. The van der Waals surface area contributed by atoms with Gasteiger partial charge in [-0.3, -0.25) is 0 Å². The molecule has 0 radical (unpaired) electrons. The Morgan fingerprint density at radius 2 is 2.00 bits per heavy atom. The number of unbranched alkanes of at least 4 members (excludes halogenated alkanes) is 1. The van der Waals surface area contributed by atoms with Gasteiger partial charge in [-0.05, 0) is 38.1 Å². The maximum Gasteiger partial charge on any atom is 0.0753 e. The molecule has 0 aromatic heterocycles. The van der Waals surface area contributed by atoms with Crippen LogP contribution in [-0.2, 0) is 4.74 Å². The lowest BCUT2D eigenvalue weighted by molar-refractivity contribution is -0.0368. The van der Waals surface area contributed by atoms with Gasteiger partial charge in [0.1, 0.15) is 0 Å². The second-order valence-corrected chi connectivity index (χ2v) is 5.14. The van der Waals surface area contributed by atoms with Gasteiger partial charge in [0.2, 0.25) is 0 Å². The normalized spacial score (nSPS) is 36.8. The first-order valence-corrected chi connectivity index (χ1v) is 6.47. The molecular weight excluding hydrogens is 186 g/mol. The van der Waals surface area contributed by atoms with E-state index < -0.39 is 0 Å². The molecule has 1 saturated carbocycles. The van der Waals surface area contributed by atoms with Gasteiger partial charge in [-0.15, -0.1) is 0 Å². The van der Waals surface area contributed by atoms with Crippen molar-refractivity contribution in [2.75, 3.05) is 13.7 Å². The summed E-state index contributed by atoms with van der Waals surface area (Å²) in [5, 5.41) is 3.42. The third kappa shape index (κ3) is 3.76. The van der Waals surface area contributed by atoms with E-state index in [2.05, 4.69) is 33.1 Å². The molecule has 0 heterocycles. The van der Waals surface area contributed by atoms with Crippen molar-refractivity contribution in [1.82, 2.24) is 5.32 Å². The van der Waals surface area contributed by atoms with Crippen LogP contribution in [0.4, 0.5) is 0 Å². The van der Waals surface area contributed by atoms with E-state index in [4.69, 9.17) is 4.74 Å². The molecule has 0 aromatic carbocycles. The number of hydrogen-bond acceptors (Lipinski definition) is 2. The predicted molar refractivity (Wildman–Crippen MR) is 65.1 cm³/mol. The average Bonchev–Trinajstić information content (AvgIpc) is 2.20. The molecule has 1 aliphatic carbocycles. The minimum atomic E-state index is 0.428. The predicted octanol–water partition coefficient (Wildman–Crippen LogP) is 2.83. The van der Waals surface area contributed by atoms with Crippen molar-refractivity contribution in [3.8, 4) is 0 Å². The van der Waals surface area contributed by atoms with Gasteiger partial charge >= 0.3 is 0 Å². The summed E-state index contributed by atoms with van der Waals surface area (Å²) in [6.45, 7) is 7.82. The highest BCUT2D eigenvalue weighted by Crippen LogP contribution is 2.31. The highest BCUT2D eigenvalue weighted by molar-refractivity contribution is 4.87. The van der Waals surface area contributed by atoms with Crippen LogP contribution in [0.3, 0.4) is 0 Å². The topological polar surface area (TPSA) is 21.3 Å². The van der Waals surface area contributed by atoms with Crippen LogP contribution in [0.5, 0.6) is 0 Å². The van der Waals surface area contributed by atoms with Crippen LogP contribution in [0.15, 0.2) is 0 Å². The number of likely N-dealkylation sites (N-methyl/N-ethyl adjacent to an activating group) is 1. The van der Waals surface area contributed by atoms with Gasteiger partial charge < -0.3 is 10.1 Å². The number of hydrogen-bond donors (Lipinski definition) is 1. The molecule has 1 aliphatic rings. The maximum absolute atomic E-state index is 6.02. The minimum absolute atomic E-state index is 0.428. The van der Waals surface area contributed by atoms with Crippen LogP contribution < -0.4 is 5.32 Å². The summed E-state index contributed by atoms with van der Waals surface area (Å²) >= 11 is 0. The smallest absolute Gasteiger partial charge is 0.0753 e. The second kappa shape index (κ2) is 6.49. The Balaban J connectivity index is 2.42. The van der Waals surface area contributed by atoms with Crippen LogP contribution >= 0.6 is 0 Å². The zero-order valence-electron chi connectivity index (χ0n) is 10.8. The third-order valence-corrected chi connectivity index (χ3v) is 3.57. The van der Waals surface area contributed by atoms with E-state index in [0.717, 1.165) is 12.5 Å². The molecule has 4 unspecified atom stereocenters. The zero-order chi connectivity index (χ0) is 11.3. The van der Waals surface area contributed by atoms with Crippen molar-refractivity contribution in [3.05, 3.63) is 0 Å². The number of rotatable bonds is 5. The van der Waals surface area contributed by atoms with Crippen LogP contribution in [-0.4, -0.2) is 25.8 Å². The lowest BCUT2D eigenvalue weighted by Gasteiger charge is -2.39. The SMILES string of the molecule is CCCCOC1C(C)CC(C)CC1NC. The van der Waals surface area contributed by atoms with Crippen LogP contribution in [0.25, 0.3) is 0 Å². The summed E-state index contributed by atoms with van der Waals surface area (Å²) < 4.78 is 6.02. The van der Waals surface area contributed by atoms with Crippen molar-refractivity contribution >= 4 is 0 Å². The molecule has 0 saturated heterocycles. The van der Waals surface area contributed by atoms with Gasteiger partial charge in [0.25, 0.3) is 0 Å². The number of ether oxygens (including phenoxy) is 1. The summed E-state index contributed by atoms with van der Waals surface area (Å²) in [5.41, 5.74) is 0. The second-order valence-electron chi connectivity index (χ2n) is 5.14. The quantitative estimate of drug-likeness (QED) is 0.709. The molecule has 1 fully saturated rings. The van der Waals surface area contributed by atoms with Crippen molar-refractivity contribution in [2.45, 2.75) is 58.6 Å². The highest BCUT2D eigenvalue weighted by Gasteiger charge is 2.33. The Bertz CT molecular complexity index is 172. The van der Waals surface area contributed by atoms with Gasteiger partial charge in [0.05, 0.1) is 6.10 Å². The first kappa shape index (κ1) is 13.0. The summed E-state index contributed by atoms with van der Waals surface area (Å²) in [6.07, 6.45) is 5.42. The molecule has 1 N–H and O–H groups in total. The van der Waals surface area contributed by atoms with Gasteiger partial charge in [-0.1, -0.05) is 27.2 Å². The van der Waals surface area contributed by atoms with Crippen molar-refractivity contribution in [3.63, 3.8) is 0 Å². The van der Waals surface area contributed by atoms with Gasteiger partial charge in [0.15, 0.2) is 0 Å². The minimum Gasteiger partial charge on any atom is -0.376 e. The van der Waals surface area contributed by atoms with E-state index in [1.54, 1.807) is 0 Å². The van der Waals surface area contributed by atoms with Crippen LogP contribution in [0.1, 0.15) is 46.5 Å². The van der Waals surface area contributed by atoms with E-state index in [9.17, 15) is 0 Å². The van der Waals surface area contributed by atoms with Crippen LogP contribution in [0.2, 0.25) is 0 Å². The Hall–Kier alpha value is -0.0800. The monoisotopic (exact) mass is 213 g/mol. The first-order valence-electron chi connectivity index (χ1n) is 6.47. The van der Waals surface area contributed by atoms with E-state index >= 15 is 0 Å². The maximum atomic E-state index is 6.02. The van der Waals surface area contributed by atoms with E-state index in [1.165, 1.54) is 25.7 Å². The summed E-state index contributed by atoms with van der Waals surface area (Å²) in [6, 6.07) is 0.556. The molecule has 2 heteroatoms. The molecule has 0 bridgehead atoms. The molecule has 0 aliphatic heterocycles. The standard InChI is InChI=1S/C13H27NO/c1-5-6-7-15-13-11(3)8-10(2)9-12(13)14-4/h10-14H,5-9H2,1-4H3. The third-order valence-electron chi connectivity index (χ3n) is 3.57. The van der Waals surface area contributed by atoms with E-state index in [1.807, 2.05) is 0 Å². The average molecular weight is 213 g/mol. The Morgan fingerprint density at radius 3 is 2.60 bits per heavy atom. The lowest BCUT2D eigenvalue weighted by Crippen LogP contribution is -2.48. The Morgan fingerprint density at radius 1 is 1.27 bits per heavy atom. The van der Waals surface area contributed by atoms with Crippen molar-refractivity contribution < 1.29 is 4.74 Å². The Kier molecular flexibility index (Phi) is 5.62. The molecule has 0 spiro atoms. The molecule has 0 aromatic rings. The van der Waals surface area contributed by atoms with Gasteiger partial charge in [-0.25, -0.2) is 0 Å². The lowest BCUT2D eigenvalue weighted by atomic mass is 9.78. The largest absolute Gasteiger partial charge is 0.376 e. The first-order chi connectivity index (χ1) is 7.19. The number of nitrogens with one attached hydrogen (secondary N) is 1.